The highest BCUT2D eigenvalue weighted by molar-refractivity contribution is 7.89. The lowest BCUT2D eigenvalue weighted by atomic mass is 10.2. The van der Waals surface area contributed by atoms with Gasteiger partial charge in [0.25, 0.3) is 0 Å². The number of halogens is 1. The van der Waals surface area contributed by atoms with Gasteiger partial charge in [0.05, 0.1) is 4.90 Å². The monoisotopic (exact) mass is 284 g/mol. The van der Waals surface area contributed by atoms with Gasteiger partial charge in [0.1, 0.15) is 5.82 Å². The van der Waals surface area contributed by atoms with Gasteiger partial charge in [-0.05, 0) is 19.1 Å². The maximum absolute atomic E-state index is 13.6. The lowest BCUT2D eigenvalue weighted by molar-refractivity contribution is 0.473. The minimum atomic E-state index is -3.82. The maximum Gasteiger partial charge on any atom is 0.243 e. The topological polar surface area (TPSA) is 63.4 Å². The van der Waals surface area contributed by atoms with Crippen molar-refractivity contribution in [2.24, 2.45) is 0 Å². The molecule has 1 aromatic rings. The molecule has 0 spiro atoms. The van der Waals surface area contributed by atoms with Crippen molar-refractivity contribution < 1.29 is 12.8 Å². The van der Waals surface area contributed by atoms with Crippen LogP contribution in [-0.4, -0.2) is 25.8 Å². The number of hydrogen-bond donors (Lipinski definition) is 1. The van der Waals surface area contributed by atoms with Crippen molar-refractivity contribution >= 4 is 15.7 Å². The van der Waals surface area contributed by atoms with E-state index >= 15 is 0 Å². The molecule has 104 valence electrons. The van der Waals surface area contributed by atoms with Crippen LogP contribution in [0.3, 0.4) is 0 Å². The number of hydrogen-bond acceptors (Lipinski definition) is 3. The zero-order valence-electron chi connectivity index (χ0n) is 10.8. The van der Waals surface area contributed by atoms with Crippen LogP contribution in [0.1, 0.15) is 5.56 Å². The Hall–Kier alpha value is -1.66. The summed E-state index contributed by atoms with van der Waals surface area (Å²) >= 11 is 0. The molecule has 0 radical (unpaired) electrons. The van der Waals surface area contributed by atoms with E-state index in [9.17, 15) is 12.8 Å². The van der Waals surface area contributed by atoms with Crippen LogP contribution in [0.25, 0.3) is 0 Å². The van der Waals surface area contributed by atoms with Crippen molar-refractivity contribution in [3.8, 4) is 0 Å². The summed E-state index contributed by atoms with van der Waals surface area (Å²) in [5.41, 5.74) is 5.94. The fourth-order valence-electron chi connectivity index (χ4n) is 1.53. The first-order valence-corrected chi connectivity index (χ1v) is 7.06. The highest BCUT2D eigenvalue weighted by Crippen LogP contribution is 2.23. The third-order valence-electron chi connectivity index (χ3n) is 2.66. The normalized spacial score (nSPS) is 11.5. The van der Waals surface area contributed by atoms with Crippen molar-refractivity contribution in [1.82, 2.24) is 4.31 Å². The largest absolute Gasteiger partial charge is 0.398 e. The minimum absolute atomic E-state index is 0.107. The van der Waals surface area contributed by atoms with Crippen LogP contribution in [-0.2, 0) is 10.0 Å². The molecule has 2 N–H and O–H groups in total. The summed E-state index contributed by atoms with van der Waals surface area (Å²) in [6.07, 6.45) is 2.91. The second kappa shape index (κ2) is 5.99. The van der Waals surface area contributed by atoms with Crippen LogP contribution in [0.2, 0.25) is 0 Å². The average Bonchev–Trinajstić information content (AvgIpc) is 2.35. The van der Waals surface area contributed by atoms with E-state index in [0.717, 1.165) is 10.4 Å². The Labute approximate surface area is 113 Å². The van der Waals surface area contributed by atoms with Gasteiger partial charge in [0.2, 0.25) is 10.0 Å². The summed E-state index contributed by atoms with van der Waals surface area (Å²) in [6, 6.07) is 2.23. The number of nitrogens with zero attached hydrogens (tertiary/aromatic N) is 1. The number of nitrogens with two attached hydrogens (primary N) is 1. The van der Waals surface area contributed by atoms with E-state index in [4.69, 9.17) is 5.73 Å². The van der Waals surface area contributed by atoms with Crippen LogP contribution in [0.15, 0.2) is 42.3 Å². The standard InChI is InChI=1S/C13H17FN2O2S/c1-4-6-16(7-5-2)19(17,18)11-8-12(14)10(3)13(15)9-11/h4-5,8-9H,1-2,6-7,15H2,3H3. The SMILES string of the molecule is C=CCN(CC=C)S(=O)(=O)c1cc(N)c(C)c(F)c1. The Balaban J connectivity index is 3.32. The molecule has 0 unspecified atom stereocenters. The first kappa shape index (κ1) is 15.4. The Morgan fingerprint density at radius 3 is 2.26 bits per heavy atom. The first-order chi connectivity index (χ1) is 8.84. The summed E-state index contributed by atoms with van der Waals surface area (Å²) < 4.78 is 39.4. The fourth-order valence-corrected chi connectivity index (χ4v) is 2.96. The van der Waals surface area contributed by atoms with Crippen molar-refractivity contribution in [1.29, 1.82) is 0 Å². The number of sulfonamides is 1. The first-order valence-electron chi connectivity index (χ1n) is 5.62. The summed E-state index contributed by atoms with van der Waals surface area (Å²) in [6.45, 7) is 8.72. The minimum Gasteiger partial charge on any atom is -0.398 e. The van der Waals surface area contributed by atoms with Crippen LogP contribution in [0, 0.1) is 12.7 Å². The van der Waals surface area contributed by atoms with E-state index in [-0.39, 0.29) is 29.2 Å². The van der Waals surface area contributed by atoms with Crippen LogP contribution in [0.4, 0.5) is 10.1 Å². The predicted molar refractivity (Wildman–Crippen MR) is 74.7 cm³/mol. The molecule has 19 heavy (non-hydrogen) atoms. The fraction of sp³-hybridized carbons (Fsp3) is 0.231. The summed E-state index contributed by atoms with van der Waals surface area (Å²) in [7, 11) is -3.82. The van der Waals surface area contributed by atoms with Crippen molar-refractivity contribution in [3.05, 3.63) is 48.8 Å². The van der Waals surface area contributed by atoms with Gasteiger partial charge in [0, 0.05) is 24.3 Å². The molecule has 1 rings (SSSR count). The van der Waals surface area contributed by atoms with E-state index in [1.807, 2.05) is 0 Å². The molecule has 0 bridgehead atoms. The second-order valence-corrected chi connectivity index (χ2v) is 5.96. The van der Waals surface area contributed by atoms with Gasteiger partial charge in [0.15, 0.2) is 0 Å². The third kappa shape index (κ3) is 3.21. The van der Waals surface area contributed by atoms with Crippen LogP contribution >= 0.6 is 0 Å². The molecular weight excluding hydrogens is 267 g/mol. The van der Waals surface area contributed by atoms with Gasteiger partial charge in [-0.1, -0.05) is 12.2 Å². The molecule has 0 saturated heterocycles. The van der Waals surface area contributed by atoms with E-state index < -0.39 is 15.8 Å². The molecule has 0 heterocycles. The number of anilines is 1. The molecule has 0 fully saturated rings. The predicted octanol–water partition coefficient (Wildman–Crippen LogP) is 2.08. The van der Waals surface area contributed by atoms with Gasteiger partial charge in [-0.15, -0.1) is 13.2 Å². The quantitative estimate of drug-likeness (QED) is 0.642. The molecular formula is C13H17FN2O2S. The molecule has 0 aliphatic rings. The summed E-state index contributed by atoms with van der Waals surface area (Å²) in [5.74, 6) is -0.643. The molecule has 1 aromatic carbocycles. The Bertz CT molecular complexity index is 564. The molecule has 0 aliphatic heterocycles. The summed E-state index contributed by atoms with van der Waals surface area (Å²) in [4.78, 5) is -0.170. The highest BCUT2D eigenvalue weighted by Gasteiger charge is 2.24. The zero-order valence-corrected chi connectivity index (χ0v) is 11.6. The van der Waals surface area contributed by atoms with Gasteiger partial charge in [-0.2, -0.15) is 4.31 Å². The van der Waals surface area contributed by atoms with Gasteiger partial charge in [-0.3, -0.25) is 0 Å². The molecule has 0 aromatic heterocycles. The Morgan fingerprint density at radius 1 is 1.32 bits per heavy atom. The van der Waals surface area contributed by atoms with Gasteiger partial charge in [-0.25, -0.2) is 12.8 Å². The van der Waals surface area contributed by atoms with Crippen molar-refractivity contribution in [3.63, 3.8) is 0 Å². The Morgan fingerprint density at radius 2 is 1.84 bits per heavy atom. The molecule has 0 aliphatic carbocycles. The van der Waals surface area contributed by atoms with E-state index in [0.29, 0.717) is 0 Å². The number of benzene rings is 1. The molecule has 4 nitrogen and oxygen atoms in total. The molecule has 0 amide bonds. The average molecular weight is 284 g/mol. The number of nitrogen functional groups attached to an aromatic ring is 1. The maximum atomic E-state index is 13.6. The third-order valence-corrected chi connectivity index (χ3v) is 4.47. The van der Waals surface area contributed by atoms with Crippen molar-refractivity contribution in [2.45, 2.75) is 11.8 Å². The Kier molecular flexibility index (Phi) is 4.85. The zero-order chi connectivity index (χ0) is 14.6. The van der Waals surface area contributed by atoms with Crippen LogP contribution in [0.5, 0.6) is 0 Å². The van der Waals surface area contributed by atoms with E-state index in [2.05, 4.69) is 13.2 Å². The number of rotatable bonds is 6. The highest BCUT2D eigenvalue weighted by atomic mass is 32.2. The van der Waals surface area contributed by atoms with E-state index in [1.165, 1.54) is 25.1 Å². The lowest BCUT2D eigenvalue weighted by Gasteiger charge is -2.19. The smallest absolute Gasteiger partial charge is 0.243 e. The van der Waals surface area contributed by atoms with E-state index in [1.54, 1.807) is 0 Å². The van der Waals surface area contributed by atoms with Crippen molar-refractivity contribution in [2.75, 3.05) is 18.8 Å². The summed E-state index contributed by atoms with van der Waals surface area (Å²) in [5, 5.41) is 0. The van der Waals surface area contributed by atoms with Crippen LogP contribution < -0.4 is 5.73 Å². The van der Waals surface area contributed by atoms with Gasteiger partial charge >= 0.3 is 0 Å². The molecule has 6 heteroatoms. The lowest BCUT2D eigenvalue weighted by Crippen LogP contribution is -2.31. The van der Waals surface area contributed by atoms with Gasteiger partial charge < -0.3 is 5.73 Å². The molecule has 0 saturated carbocycles. The molecule has 0 atom stereocenters. The second-order valence-electron chi connectivity index (χ2n) is 4.02.